The molecule has 0 aliphatic carbocycles. The number of rotatable bonds is 3. The highest BCUT2D eigenvalue weighted by atomic mass is 79.9. The van der Waals surface area contributed by atoms with E-state index in [1.807, 2.05) is 45.2 Å². The van der Waals surface area contributed by atoms with Crippen molar-refractivity contribution < 1.29 is 14.4 Å². The minimum absolute atomic E-state index is 0.172. The number of halogens is 1. The lowest BCUT2D eigenvalue weighted by atomic mass is 9.76. The number of carbonyl (C=O) groups excluding carboxylic acids is 3. The number of imide groups is 1. The highest BCUT2D eigenvalue weighted by molar-refractivity contribution is 9.10. The molecule has 3 aliphatic rings. The monoisotopic (exact) mass is 465 g/mol. The van der Waals surface area contributed by atoms with Crippen molar-refractivity contribution >= 4 is 51.1 Å². The third kappa shape index (κ3) is 2.60. The number of hydrogen-bond acceptors (Lipinski definition) is 5. The minimum atomic E-state index is -1.21. The van der Waals surface area contributed by atoms with Crippen LogP contribution in [0.25, 0.3) is 0 Å². The van der Waals surface area contributed by atoms with E-state index in [0.29, 0.717) is 5.69 Å². The Labute approximate surface area is 177 Å². The SMILES string of the molecule is CSCCC1NC2(C(=O)Nc3ccc(Br)cc32)C2C(=O)N(C(C)(C)C)C(=O)C12. The van der Waals surface area contributed by atoms with Crippen LogP contribution in [0.15, 0.2) is 22.7 Å². The molecule has 1 aromatic rings. The Morgan fingerprint density at radius 2 is 1.93 bits per heavy atom. The molecule has 3 heterocycles. The van der Waals surface area contributed by atoms with E-state index >= 15 is 0 Å². The van der Waals surface area contributed by atoms with Crippen molar-refractivity contribution in [1.82, 2.24) is 10.2 Å². The summed E-state index contributed by atoms with van der Waals surface area (Å²) in [6, 6.07) is 5.35. The fraction of sp³-hybridized carbons (Fsp3) is 0.550. The molecular weight excluding hydrogens is 442 g/mol. The second-order valence-electron chi connectivity index (χ2n) is 8.67. The summed E-state index contributed by atoms with van der Waals surface area (Å²) in [5.41, 5.74) is -0.400. The molecule has 8 heteroatoms. The first-order chi connectivity index (χ1) is 13.1. The summed E-state index contributed by atoms with van der Waals surface area (Å²) in [6.45, 7) is 5.58. The second kappa shape index (κ2) is 6.57. The van der Waals surface area contributed by atoms with Crippen molar-refractivity contribution in [1.29, 1.82) is 0 Å². The minimum Gasteiger partial charge on any atom is -0.324 e. The van der Waals surface area contributed by atoms with Gasteiger partial charge in [0, 0.05) is 27.3 Å². The Balaban J connectivity index is 1.89. The molecule has 4 rings (SSSR count). The van der Waals surface area contributed by atoms with Gasteiger partial charge >= 0.3 is 0 Å². The van der Waals surface area contributed by atoms with Gasteiger partial charge < -0.3 is 5.32 Å². The average molecular weight is 466 g/mol. The molecule has 2 saturated heterocycles. The van der Waals surface area contributed by atoms with Crippen LogP contribution < -0.4 is 10.6 Å². The van der Waals surface area contributed by atoms with Gasteiger partial charge in [0.25, 0.3) is 0 Å². The van der Waals surface area contributed by atoms with Crippen LogP contribution in [0.2, 0.25) is 0 Å². The maximum absolute atomic E-state index is 13.5. The Kier molecular flexibility index (Phi) is 4.67. The standard InChI is InChI=1S/C20H24BrN3O3S/c1-19(2,3)24-16(25)14-13(7-8-28-4)23-20(15(14)17(24)26)11-9-10(21)5-6-12(11)22-18(20)27/h5-6,9,13-15,23H,7-8H2,1-4H3,(H,22,27). The van der Waals surface area contributed by atoms with Gasteiger partial charge in [0.05, 0.1) is 11.8 Å². The van der Waals surface area contributed by atoms with Crippen molar-refractivity contribution in [3.63, 3.8) is 0 Å². The maximum atomic E-state index is 13.5. The Morgan fingerprint density at radius 1 is 1.21 bits per heavy atom. The molecule has 4 atom stereocenters. The van der Waals surface area contributed by atoms with Crippen LogP contribution in [-0.4, -0.2) is 46.2 Å². The van der Waals surface area contributed by atoms with Gasteiger partial charge in [-0.15, -0.1) is 0 Å². The molecule has 0 bridgehead atoms. The summed E-state index contributed by atoms with van der Waals surface area (Å²) in [4.78, 5) is 41.5. The molecule has 2 fully saturated rings. The molecule has 150 valence electrons. The zero-order chi connectivity index (χ0) is 20.4. The third-order valence-corrected chi connectivity index (χ3v) is 7.12. The third-order valence-electron chi connectivity index (χ3n) is 5.98. The first-order valence-electron chi connectivity index (χ1n) is 9.39. The normalized spacial score (nSPS) is 31.5. The highest BCUT2D eigenvalue weighted by Crippen LogP contribution is 2.54. The van der Waals surface area contributed by atoms with Gasteiger partial charge in [-0.25, -0.2) is 0 Å². The van der Waals surface area contributed by atoms with E-state index in [1.165, 1.54) is 4.90 Å². The van der Waals surface area contributed by atoms with Crippen molar-refractivity contribution in [3.05, 3.63) is 28.2 Å². The summed E-state index contributed by atoms with van der Waals surface area (Å²) in [6.07, 6.45) is 2.73. The predicted octanol–water partition coefficient (Wildman–Crippen LogP) is 2.72. The first-order valence-corrected chi connectivity index (χ1v) is 11.6. The smallest absolute Gasteiger partial charge is 0.250 e. The number of amides is 3. The molecule has 3 amide bonds. The topological polar surface area (TPSA) is 78.5 Å². The van der Waals surface area contributed by atoms with Crippen molar-refractivity contribution in [2.45, 2.75) is 44.3 Å². The van der Waals surface area contributed by atoms with E-state index in [4.69, 9.17) is 0 Å². The van der Waals surface area contributed by atoms with Crippen molar-refractivity contribution in [3.8, 4) is 0 Å². The molecule has 0 radical (unpaired) electrons. The molecule has 3 aliphatic heterocycles. The lowest BCUT2D eigenvalue weighted by Gasteiger charge is -2.34. The van der Waals surface area contributed by atoms with Gasteiger partial charge in [0.15, 0.2) is 0 Å². The zero-order valence-electron chi connectivity index (χ0n) is 16.3. The Morgan fingerprint density at radius 3 is 2.57 bits per heavy atom. The van der Waals surface area contributed by atoms with Gasteiger partial charge in [-0.1, -0.05) is 15.9 Å². The van der Waals surface area contributed by atoms with Crippen LogP contribution >= 0.6 is 27.7 Å². The molecule has 0 aromatic heterocycles. The summed E-state index contributed by atoms with van der Waals surface area (Å²) in [7, 11) is 0. The number of likely N-dealkylation sites (tertiary alicyclic amines) is 1. The van der Waals surface area contributed by atoms with Gasteiger partial charge in [-0.05, 0) is 57.4 Å². The molecule has 0 saturated carbocycles. The number of hydrogen-bond donors (Lipinski definition) is 2. The van der Waals surface area contributed by atoms with Gasteiger partial charge in [0.1, 0.15) is 5.54 Å². The van der Waals surface area contributed by atoms with Crippen LogP contribution in [-0.2, 0) is 19.9 Å². The summed E-state index contributed by atoms with van der Waals surface area (Å²) < 4.78 is 0.831. The molecule has 4 unspecified atom stereocenters. The lowest BCUT2D eigenvalue weighted by molar-refractivity contribution is -0.147. The number of carbonyl (C=O) groups is 3. The Bertz CT molecular complexity index is 884. The lowest BCUT2D eigenvalue weighted by Crippen LogP contribution is -2.55. The quantitative estimate of drug-likeness (QED) is 0.670. The number of nitrogens with zero attached hydrogens (tertiary/aromatic N) is 1. The summed E-state index contributed by atoms with van der Waals surface area (Å²) >= 11 is 5.18. The predicted molar refractivity (Wildman–Crippen MR) is 113 cm³/mol. The van der Waals surface area contributed by atoms with E-state index in [0.717, 1.165) is 22.2 Å². The van der Waals surface area contributed by atoms with Gasteiger partial charge in [0.2, 0.25) is 17.7 Å². The van der Waals surface area contributed by atoms with E-state index in [1.54, 1.807) is 11.8 Å². The van der Waals surface area contributed by atoms with Crippen LogP contribution in [0.1, 0.15) is 32.8 Å². The summed E-state index contributed by atoms with van der Waals surface area (Å²) in [5, 5.41) is 6.38. The molecular formula is C20H24BrN3O3S. The average Bonchev–Trinajstić information content (AvgIpc) is 3.18. The molecule has 2 N–H and O–H groups in total. The van der Waals surface area contributed by atoms with E-state index in [-0.39, 0.29) is 23.8 Å². The second-order valence-corrected chi connectivity index (χ2v) is 10.6. The molecule has 1 aromatic carbocycles. The fourth-order valence-electron chi connectivity index (χ4n) is 4.93. The van der Waals surface area contributed by atoms with Crippen LogP contribution in [0, 0.1) is 11.8 Å². The van der Waals surface area contributed by atoms with Gasteiger partial charge in [-0.3, -0.25) is 24.6 Å². The Hall–Kier alpha value is -1.38. The number of nitrogens with one attached hydrogen (secondary N) is 2. The fourth-order valence-corrected chi connectivity index (χ4v) is 5.78. The van der Waals surface area contributed by atoms with E-state index in [9.17, 15) is 14.4 Å². The highest BCUT2D eigenvalue weighted by Gasteiger charge is 2.71. The molecule has 1 spiro atoms. The number of thioether (sulfide) groups is 1. The van der Waals surface area contributed by atoms with Gasteiger partial charge in [-0.2, -0.15) is 11.8 Å². The zero-order valence-corrected chi connectivity index (χ0v) is 18.7. The maximum Gasteiger partial charge on any atom is 0.250 e. The number of benzene rings is 1. The van der Waals surface area contributed by atoms with Crippen molar-refractivity contribution in [2.24, 2.45) is 11.8 Å². The van der Waals surface area contributed by atoms with Crippen molar-refractivity contribution in [2.75, 3.05) is 17.3 Å². The van der Waals surface area contributed by atoms with Crippen LogP contribution in [0.5, 0.6) is 0 Å². The summed E-state index contributed by atoms with van der Waals surface area (Å²) in [5.74, 6) is -1.10. The molecule has 6 nitrogen and oxygen atoms in total. The largest absolute Gasteiger partial charge is 0.324 e. The number of fused-ring (bicyclic) bond motifs is 4. The van der Waals surface area contributed by atoms with Crippen LogP contribution in [0.3, 0.4) is 0 Å². The number of anilines is 1. The van der Waals surface area contributed by atoms with E-state index < -0.39 is 22.9 Å². The van der Waals surface area contributed by atoms with E-state index in [2.05, 4.69) is 26.6 Å². The van der Waals surface area contributed by atoms with Crippen LogP contribution in [0.4, 0.5) is 5.69 Å². The first kappa shape index (κ1) is 19.9. The molecule has 28 heavy (non-hydrogen) atoms.